The first-order chi connectivity index (χ1) is 13.9. The van der Waals surface area contributed by atoms with Gasteiger partial charge in [-0.2, -0.15) is 0 Å². The molecule has 1 atom stereocenters. The summed E-state index contributed by atoms with van der Waals surface area (Å²) in [6.07, 6.45) is 1.25. The molecule has 0 spiro atoms. The molecular weight excluding hydrogens is 378 g/mol. The molecule has 2 aromatic carbocycles. The lowest BCUT2D eigenvalue weighted by Crippen LogP contribution is -2.29. The molecule has 2 aliphatic rings. The number of hydrogen-bond donors (Lipinski definition) is 1. The Labute approximate surface area is 165 Å². The molecule has 0 bridgehead atoms. The SMILES string of the molecule is O=C1CC(=O)N(c2ccc3nc[nH]c3c2)C1c1ccc(N2CCC(F)(F)C2)cc1. The van der Waals surface area contributed by atoms with E-state index >= 15 is 0 Å². The normalized spacial score (nSPS) is 21.5. The molecule has 2 saturated heterocycles. The number of carbonyl (C=O) groups excluding carboxylic acids is 2. The Kier molecular flexibility index (Phi) is 3.90. The first-order valence-corrected chi connectivity index (χ1v) is 9.42. The number of rotatable bonds is 3. The van der Waals surface area contributed by atoms with Gasteiger partial charge in [-0.05, 0) is 35.9 Å². The summed E-state index contributed by atoms with van der Waals surface area (Å²) < 4.78 is 27.0. The van der Waals surface area contributed by atoms with Crippen molar-refractivity contribution < 1.29 is 18.4 Å². The molecule has 8 heteroatoms. The van der Waals surface area contributed by atoms with Crippen molar-refractivity contribution in [3.8, 4) is 0 Å². The number of hydrogen-bond acceptors (Lipinski definition) is 4. The number of aromatic amines is 1. The molecule has 148 valence electrons. The smallest absolute Gasteiger partial charge is 0.266 e. The predicted octanol–water partition coefficient (Wildman–Crippen LogP) is 3.46. The van der Waals surface area contributed by atoms with E-state index in [0.717, 1.165) is 11.0 Å². The lowest BCUT2D eigenvalue weighted by Gasteiger charge is -2.25. The standard InChI is InChI=1S/C21H18F2N4O2/c22-21(23)7-8-26(11-21)14-3-1-13(2-4-14)20-18(28)10-19(29)27(20)15-5-6-16-17(9-15)25-12-24-16/h1-6,9,12,20H,7-8,10-11H2,(H,24,25). The zero-order valence-electron chi connectivity index (χ0n) is 15.4. The van der Waals surface area contributed by atoms with Gasteiger partial charge < -0.3 is 9.88 Å². The summed E-state index contributed by atoms with van der Waals surface area (Å²) >= 11 is 0. The van der Waals surface area contributed by atoms with Gasteiger partial charge in [0, 0.05) is 24.3 Å². The van der Waals surface area contributed by atoms with Gasteiger partial charge in [0.25, 0.3) is 5.92 Å². The Bertz CT molecular complexity index is 1110. The summed E-state index contributed by atoms with van der Waals surface area (Å²) in [6.45, 7) is -0.00692. The molecule has 3 aromatic rings. The van der Waals surface area contributed by atoms with Gasteiger partial charge in [0.1, 0.15) is 6.04 Å². The topological polar surface area (TPSA) is 69.3 Å². The van der Waals surface area contributed by atoms with Crippen LogP contribution in [0.2, 0.25) is 0 Å². The molecular formula is C21H18F2N4O2. The quantitative estimate of drug-likeness (QED) is 0.689. The third-order valence-corrected chi connectivity index (χ3v) is 5.58. The fourth-order valence-electron chi connectivity index (χ4n) is 4.14. The van der Waals surface area contributed by atoms with Crippen LogP contribution in [0.5, 0.6) is 0 Å². The largest absolute Gasteiger partial charge is 0.365 e. The van der Waals surface area contributed by atoms with Crippen LogP contribution >= 0.6 is 0 Å². The molecule has 3 heterocycles. The minimum absolute atomic E-state index is 0.159. The van der Waals surface area contributed by atoms with E-state index in [-0.39, 0.29) is 31.1 Å². The summed E-state index contributed by atoms with van der Waals surface area (Å²) in [4.78, 5) is 35.5. The van der Waals surface area contributed by atoms with Gasteiger partial charge in [0.05, 0.1) is 30.3 Å². The fourth-order valence-corrected chi connectivity index (χ4v) is 4.14. The summed E-state index contributed by atoms with van der Waals surface area (Å²) in [5.41, 5.74) is 3.52. The number of Topliss-reactive ketones (excluding diaryl/α,β-unsaturated/α-hetero) is 1. The van der Waals surface area contributed by atoms with Crippen LogP contribution in [0.15, 0.2) is 48.8 Å². The zero-order valence-corrected chi connectivity index (χ0v) is 15.4. The monoisotopic (exact) mass is 396 g/mol. The second-order valence-corrected chi connectivity index (χ2v) is 7.53. The average Bonchev–Trinajstić information content (AvgIpc) is 3.38. The molecule has 1 aromatic heterocycles. The van der Waals surface area contributed by atoms with E-state index in [4.69, 9.17) is 0 Å². The van der Waals surface area contributed by atoms with Gasteiger partial charge >= 0.3 is 0 Å². The highest BCUT2D eigenvalue weighted by atomic mass is 19.3. The van der Waals surface area contributed by atoms with E-state index in [2.05, 4.69) is 9.97 Å². The van der Waals surface area contributed by atoms with Gasteiger partial charge in [-0.15, -0.1) is 0 Å². The maximum absolute atomic E-state index is 13.5. The third-order valence-electron chi connectivity index (χ3n) is 5.58. The minimum atomic E-state index is -2.67. The molecule has 5 rings (SSSR count). The number of alkyl halides is 2. The van der Waals surface area contributed by atoms with Crippen LogP contribution in [0, 0.1) is 0 Å². The molecule has 1 N–H and O–H groups in total. The van der Waals surface area contributed by atoms with Gasteiger partial charge in [-0.1, -0.05) is 12.1 Å². The molecule has 0 aliphatic carbocycles. The van der Waals surface area contributed by atoms with E-state index < -0.39 is 12.0 Å². The van der Waals surface area contributed by atoms with E-state index in [0.29, 0.717) is 23.5 Å². The van der Waals surface area contributed by atoms with Crippen molar-refractivity contribution in [2.24, 2.45) is 0 Å². The number of ketones is 1. The number of amides is 1. The lowest BCUT2D eigenvalue weighted by molar-refractivity contribution is -0.121. The Morgan fingerprint density at radius 1 is 1.07 bits per heavy atom. The third kappa shape index (κ3) is 3.04. The number of halogens is 2. The second kappa shape index (κ2) is 6.37. The van der Waals surface area contributed by atoms with E-state index in [1.807, 2.05) is 0 Å². The van der Waals surface area contributed by atoms with Gasteiger partial charge in [-0.25, -0.2) is 13.8 Å². The molecule has 2 fully saturated rings. The van der Waals surface area contributed by atoms with Crippen LogP contribution in [-0.4, -0.2) is 40.7 Å². The molecule has 2 aliphatic heterocycles. The Morgan fingerprint density at radius 2 is 1.83 bits per heavy atom. The van der Waals surface area contributed by atoms with E-state index in [1.54, 1.807) is 53.7 Å². The highest BCUT2D eigenvalue weighted by Crippen LogP contribution is 2.37. The molecule has 1 amide bonds. The van der Waals surface area contributed by atoms with Crippen molar-refractivity contribution in [2.45, 2.75) is 24.8 Å². The molecule has 29 heavy (non-hydrogen) atoms. The van der Waals surface area contributed by atoms with Crippen molar-refractivity contribution in [3.05, 3.63) is 54.4 Å². The number of benzene rings is 2. The molecule has 0 saturated carbocycles. The number of nitrogens with one attached hydrogen (secondary N) is 1. The van der Waals surface area contributed by atoms with Gasteiger partial charge in [0.15, 0.2) is 5.78 Å². The highest BCUT2D eigenvalue weighted by Gasteiger charge is 2.41. The minimum Gasteiger partial charge on any atom is -0.365 e. The van der Waals surface area contributed by atoms with Crippen molar-refractivity contribution in [2.75, 3.05) is 22.9 Å². The number of carbonyl (C=O) groups is 2. The van der Waals surface area contributed by atoms with Crippen molar-refractivity contribution in [3.63, 3.8) is 0 Å². The number of H-pyrrole nitrogens is 1. The fraction of sp³-hybridized carbons (Fsp3) is 0.286. The van der Waals surface area contributed by atoms with Crippen LogP contribution in [0.1, 0.15) is 24.4 Å². The van der Waals surface area contributed by atoms with E-state index in [9.17, 15) is 18.4 Å². The maximum Gasteiger partial charge on any atom is 0.266 e. The van der Waals surface area contributed by atoms with Crippen LogP contribution in [0.4, 0.5) is 20.2 Å². The predicted molar refractivity (Wildman–Crippen MR) is 104 cm³/mol. The first kappa shape index (κ1) is 17.8. The van der Waals surface area contributed by atoms with E-state index in [1.165, 1.54) is 4.90 Å². The Balaban J connectivity index is 1.46. The Morgan fingerprint density at radius 3 is 2.55 bits per heavy atom. The first-order valence-electron chi connectivity index (χ1n) is 9.42. The van der Waals surface area contributed by atoms with Crippen molar-refractivity contribution in [1.82, 2.24) is 9.97 Å². The van der Waals surface area contributed by atoms with Crippen LogP contribution < -0.4 is 9.80 Å². The van der Waals surface area contributed by atoms with Crippen molar-refractivity contribution in [1.29, 1.82) is 0 Å². The van der Waals surface area contributed by atoms with Crippen molar-refractivity contribution >= 4 is 34.1 Å². The lowest BCUT2D eigenvalue weighted by atomic mass is 10.0. The van der Waals surface area contributed by atoms with Crippen LogP contribution in [-0.2, 0) is 9.59 Å². The molecule has 6 nitrogen and oxygen atoms in total. The maximum atomic E-state index is 13.5. The van der Waals surface area contributed by atoms with Crippen LogP contribution in [0.3, 0.4) is 0 Å². The Hall–Kier alpha value is -3.29. The number of nitrogens with zero attached hydrogens (tertiary/aromatic N) is 3. The summed E-state index contributed by atoms with van der Waals surface area (Å²) in [7, 11) is 0. The molecule has 0 radical (unpaired) electrons. The number of aromatic nitrogens is 2. The summed E-state index contributed by atoms with van der Waals surface area (Å²) in [5.74, 6) is -3.11. The van der Waals surface area contributed by atoms with Gasteiger partial charge in [0.2, 0.25) is 5.91 Å². The average molecular weight is 396 g/mol. The highest BCUT2D eigenvalue weighted by molar-refractivity contribution is 6.17. The second-order valence-electron chi connectivity index (χ2n) is 7.53. The van der Waals surface area contributed by atoms with Gasteiger partial charge in [-0.3, -0.25) is 14.5 Å². The summed E-state index contributed by atoms with van der Waals surface area (Å²) in [6, 6.07) is 11.6. The number of anilines is 2. The number of fused-ring (bicyclic) bond motifs is 1. The van der Waals surface area contributed by atoms with Crippen LogP contribution in [0.25, 0.3) is 11.0 Å². The number of imidazole rings is 1. The molecule has 1 unspecified atom stereocenters. The zero-order chi connectivity index (χ0) is 20.2. The summed E-state index contributed by atoms with van der Waals surface area (Å²) in [5, 5.41) is 0.